The minimum absolute atomic E-state index is 0.567. The molecule has 1 saturated carbocycles. The summed E-state index contributed by atoms with van der Waals surface area (Å²) < 4.78 is 2.47. The van der Waals surface area contributed by atoms with E-state index in [1.165, 1.54) is 18.5 Å². The van der Waals surface area contributed by atoms with Gasteiger partial charge in [0.2, 0.25) is 0 Å². The van der Waals surface area contributed by atoms with Crippen LogP contribution in [0.2, 0.25) is 0 Å². The zero-order chi connectivity index (χ0) is 12.3. The van der Waals surface area contributed by atoms with Crippen LogP contribution in [0.4, 0.5) is 0 Å². The number of aryl methyl sites for hydroxylation is 1. The van der Waals surface area contributed by atoms with Gasteiger partial charge in [0.15, 0.2) is 4.74 Å². The third kappa shape index (κ3) is 3.66. The van der Waals surface area contributed by atoms with E-state index in [9.17, 15) is 0 Å². The molecule has 2 N–H and O–H groups in total. The highest BCUT2D eigenvalue weighted by Gasteiger charge is 2.22. The molecule has 0 radical (unpaired) electrons. The molecule has 0 unspecified atom stereocenters. The van der Waals surface area contributed by atoms with Crippen molar-refractivity contribution in [3.05, 3.63) is 17.5 Å². The van der Waals surface area contributed by atoms with Crippen LogP contribution in [-0.2, 0) is 20.0 Å². The van der Waals surface area contributed by atoms with Gasteiger partial charge in [0.1, 0.15) is 6.34 Å². The Balaban J connectivity index is 1.92. The maximum atomic E-state index is 6.85. The first-order valence-corrected chi connectivity index (χ1v) is 6.46. The van der Waals surface area contributed by atoms with Crippen molar-refractivity contribution in [2.24, 2.45) is 18.0 Å². The molecule has 0 amide bonds. The van der Waals surface area contributed by atoms with E-state index in [2.05, 4.69) is 37.4 Å². The average molecular weight is 298 g/mol. The Labute approximate surface area is 109 Å². The molecule has 0 atom stereocenters. The predicted molar refractivity (Wildman–Crippen MR) is 71.6 cm³/mol. The Hall–Kier alpha value is -1.17. The normalized spacial score (nSPS) is 16.0. The Morgan fingerprint density at radius 3 is 3.18 bits per heavy atom. The standard InChI is InChI=1S/C11H16BrN5/c1-17-10(6-14-11(12)15-7-13)5-9(16-17)4-8-2-3-8/h5,7-8H,2-4,6H2,1H3,(H2,13,14,15). The van der Waals surface area contributed by atoms with Gasteiger partial charge in [-0.15, -0.1) is 0 Å². The lowest BCUT2D eigenvalue weighted by Crippen LogP contribution is -2.19. The third-order valence-corrected chi connectivity index (χ3v) is 3.30. The summed E-state index contributed by atoms with van der Waals surface area (Å²) in [4.78, 5) is 3.77. The van der Waals surface area contributed by atoms with Crippen LogP contribution in [0, 0.1) is 11.3 Å². The Morgan fingerprint density at radius 1 is 1.76 bits per heavy atom. The Bertz CT molecular complexity index is 433. The highest BCUT2D eigenvalue weighted by Crippen LogP contribution is 2.32. The Morgan fingerprint density at radius 2 is 2.53 bits per heavy atom. The van der Waals surface area contributed by atoms with Crippen LogP contribution in [0.1, 0.15) is 24.2 Å². The van der Waals surface area contributed by atoms with Gasteiger partial charge in [0, 0.05) is 7.05 Å². The molecular formula is C11H16BrN5. The van der Waals surface area contributed by atoms with Crippen molar-refractivity contribution in [2.45, 2.75) is 25.8 Å². The van der Waals surface area contributed by atoms with Crippen molar-refractivity contribution in [1.82, 2.24) is 15.1 Å². The number of hydrogen-bond donors (Lipinski definition) is 2. The molecule has 1 aromatic heterocycles. The molecule has 6 heteroatoms. The first-order valence-electron chi connectivity index (χ1n) is 5.67. The highest BCUT2D eigenvalue weighted by atomic mass is 79.9. The fourth-order valence-electron chi connectivity index (χ4n) is 1.72. The van der Waals surface area contributed by atoms with E-state index in [4.69, 9.17) is 5.41 Å². The van der Waals surface area contributed by atoms with E-state index >= 15 is 0 Å². The molecule has 1 heterocycles. The number of halogens is 1. The number of aromatic nitrogens is 2. The zero-order valence-electron chi connectivity index (χ0n) is 9.78. The number of aliphatic imine (C=N–C) groups is 1. The van der Waals surface area contributed by atoms with Crippen LogP contribution < -0.4 is 5.32 Å². The topological polar surface area (TPSA) is 66.1 Å². The van der Waals surface area contributed by atoms with Gasteiger partial charge < -0.3 is 5.32 Å². The maximum absolute atomic E-state index is 6.85. The molecule has 0 aliphatic heterocycles. The highest BCUT2D eigenvalue weighted by molar-refractivity contribution is 9.18. The molecular weight excluding hydrogens is 282 g/mol. The van der Waals surface area contributed by atoms with E-state index in [-0.39, 0.29) is 0 Å². The summed E-state index contributed by atoms with van der Waals surface area (Å²) in [5.74, 6) is 0.858. The van der Waals surface area contributed by atoms with Crippen molar-refractivity contribution in [1.29, 1.82) is 5.41 Å². The Kier molecular flexibility index (Phi) is 3.93. The maximum Gasteiger partial charge on any atom is 0.172 e. The van der Waals surface area contributed by atoms with Gasteiger partial charge in [0.25, 0.3) is 0 Å². The molecule has 1 fully saturated rings. The summed E-state index contributed by atoms with van der Waals surface area (Å²) in [7, 11) is 1.95. The van der Waals surface area contributed by atoms with Gasteiger partial charge in [-0.3, -0.25) is 10.1 Å². The van der Waals surface area contributed by atoms with Crippen LogP contribution in [0.15, 0.2) is 11.1 Å². The van der Waals surface area contributed by atoms with E-state index in [0.717, 1.165) is 24.4 Å². The summed E-state index contributed by atoms with van der Waals surface area (Å²) >= 11 is 3.24. The first-order chi connectivity index (χ1) is 8.19. The van der Waals surface area contributed by atoms with E-state index in [0.29, 0.717) is 11.3 Å². The van der Waals surface area contributed by atoms with Crippen LogP contribution in [0.5, 0.6) is 0 Å². The van der Waals surface area contributed by atoms with Crippen LogP contribution in [0.3, 0.4) is 0 Å². The molecule has 2 rings (SSSR count). The van der Waals surface area contributed by atoms with Gasteiger partial charge in [-0.25, -0.2) is 4.99 Å². The minimum atomic E-state index is 0.567. The largest absolute Gasteiger partial charge is 0.359 e. The van der Waals surface area contributed by atoms with Crippen molar-refractivity contribution in [3.63, 3.8) is 0 Å². The number of nitrogens with one attached hydrogen (secondary N) is 2. The summed E-state index contributed by atoms with van der Waals surface area (Å²) in [6.45, 7) is 0.659. The molecule has 0 aromatic carbocycles. The smallest absolute Gasteiger partial charge is 0.172 e. The van der Waals surface area contributed by atoms with Gasteiger partial charge in [-0.1, -0.05) is 0 Å². The average Bonchev–Trinajstić information content (AvgIpc) is 3.01. The lowest BCUT2D eigenvalue weighted by atomic mass is 10.2. The van der Waals surface area contributed by atoms with Crippen LogP contribution in [0.25, 0.3) is 0 Å². The fourth-order valence-corrected chi connectivity index (χ4v) is 1.96. The summed E-state index contributed by atoms with van der Waals surface area (Å²) in [6, 6.07) is 2.13. The number of hydrogen-bond acceptors (Lipinski definition) is 2. The molecule has 17 heavy (non-hydrogen) atoms. The summed E-state index contributed by atoms with van der Waals surface area (Å²) in [5, 5.41) is 14.4. The van der Waals surface area contributed by atoms with E-state index in [1.54, 1.807) is 0 Å². The monoisotopic (exact) mass is 297 g/mol. The summed E-state index contributed by atoms with van der Waals surface area (Å²) in [6.07, 6.45) is 4.80. The van der Waals surface area contributed by atoms with Gasteiger partial charge in [0.05, 0.1) is 17.9 Å². The predicted octanol–water partition coefficient (Wildman–Crippen LogP) is 1.82. The van der Waals surface area contributed by atoms with E-state index < -0.39 is 0 Å². The van der Waals surface area contributed by atoms with Gasteiger partial charge in [-0.2, -0.15) is 5.10 Å². The number of amidine groups is 1. The van der Waals surface area contributed by atoms with Crippen molar-refractivity contribution < 1.29 is 0 Å². The van der Waals surface area contributed by atoms with Crippen molar-refractivity contribution in [3.8, 4) is 0 Å². The van der Waals surface area contributed by atoms with Gasteiger partial charge in [-0.05, 0) is 47.2 Å². The SMILES string of the molecule is Cn1nc(CC2CC2)cc1CN/C(Br)=N\C=N. The number of nitrogens with zero attached hydrogens (tertiary/aromatic N) is 3. The van der Waals surface area contributed by atoms with Crippen molar-refractivity contribution >= 4 is 27.0 Å². The quantitative estimate of drug-likeness (QED) is 0.495. The fraction of sp³-hybridized carbons (Fsp3) is 0.545. The lowest BCUT2D eigenvalue weighted by molar-refractivity contribution is 0.674. The molecule has 0 spiro atoms. The second kappa shape index (κ2) is 5.44. The van der Waals surface area contributed by atoms with Crippen LogP contribution in [-0.4, -0.2) is 20.9 Å². The number of rotatable bonds is 5. The molecule has 1 aliphatic rings. The van der Waals surface area contributed by atoms with Crippen molar-refractivity contribution in [2.75, 3.05) is 0 Å². The molecule has 5 nitrogen and oxygen atoms in total. The minimum Gasteiger partial charge on any atom is -0.359 e. The third-order valence-electron chi connectivity index (χ3n) is 2.82. The molecule has 92 valence electrons. The van der Waals surface area contributed by atoms with Crippen LogP contribution >= 0.6 is 15.9 Å². The second-order valence-corrected chi connectivity index (χ2v) is 5.05. The molecule has 1 aromatic rings. The summed E-state index contributed by atoms with van der Waals surface area (Å²) in [5.41, 5.74) is 2.30. The lowest BCUT2D eigenvalue weighted by Gasteiger charge is -2.03. The van der Waals surface area contributed by atoms with Gasteiger partial charge >= 0.3 is 0 Å². The molecule has 0 saturated heterocycles. The molecule has 1 aliphatic carbocycles. The second-order valence-electron chi connectivity index (χ2n) is 4.30. The molecule has 0 bridgehead atoms. The van der Waals surface area contributed by atoms with E-state index in [1.807, 2.05) is 11.7 Å². The first kappa shape index (κ1) is 12.3. The zero-order valence-corrected chi connectivity index (χ0v) is 11.4.